The van der Waals surface area contributed by atoms with E-state index in [1.54, 1.807) is 18.0 Å². The molecule has 25 heavy (non-hydrogen) atoms. The van der Waals surface area contributed by atoms with Crippen LogP contribution >= 0.6 is 0 Å². The summed E-state index contributed by atoms with van der Waals surface area (Å²) in [5.41, 5.74) is 0.268. The summed E-state index contributed by atoms with van der Waals surface area (Å²) in [4.78, 5) is 28.3. The van der Waals surface area contributed by atoms with E-state index in [1.807, 2.05) is 11.9 Å². The quantitative estimate of drug-likeness (QED) is 0.841. The van der Waals surface area contributed by atoms with Crippen molar-refractivity contribution < 1.29 is 18.7 Å². The number of ether oxygens (including phenoxy) is 1. The molecule has 1 heterocycles. The lowest BCUT2D eigenvalue weighted by Crippen LogP contribution is -2.54. The molecule has 0 spiro atoms. The number of methoxy groups -OCH3 is 1. The molecule has 2 amide bonds. The van der Waals surface area contributed by atoms with Crippen LogP contribution in [-0.4, -0.2) is 55.4 Å². The molecule has 0 unspecified atom stereocenters. The summed E-state index contributed by atoms with van der Waals surface area (Å²) >= 11 is 0. The molecule has 1 aromatic rings. The van der Waals surface area contributed by atoms with Gasteiger partial charge < -0.3 is 14.5 Å². The lowest BCUT2D eigenvalue weighted by atomic mass is 9.74. The number of rotatable bonds is 4. The molecule has 1 aliphatic carbocycles. The van der Waals surface area contributed by atoms with Crippen molar-refractivity contribution in [3.8, 4) is 5.75 Å². The fourth-order valence-electron chi connectivity index (χ4n) is 4.55. The topological polar surface area (TPSA) is 49.9 Å². The summed E-state index contributed by atoms with van der Waals surface area (Å²) in [6.07, 6.45) is 4.43. The van der Waals surface area contributed by atoms with Crippen LogP contribution in [0, 0.1) is 11.2 Å². The number of benzene rings is 1. The van der Waals surface area contributed by atoms with Crippen LogP contribution in [0.5, 0.6) is 5.75 Å². The Labute approximate surface area is 147 Å². The molecule has 2 atom stereocenters. The Kier molecular flexibility index (Phi) is 4.71. The average molecular weight is 348 g/mol. The van der Waals surface area contributed by atoms with Crippen LogP contribution in [0.15, 0.2) is 18.2 Å². The van der Waals surface area contributed by atoms with Gasteiger partial charge in [-0.25, -0.2) is 4.39 Å². The molecule has 5 nitrogen and oxygen atoms in total. The zero-order chi connectivity index (χ0) is 18.2. The van der Waals surface area contributed by atoms with Crippen molar-refractivity contribution in [2.24, 2.45) is 5.41 Å². The minimum absolute atomic E-state index is 0.0436. The number of amides is 2. The lowest BCUT2D eigenvalue weighted by Gasteiger charge is -2.46. The number of halogens is 1. The molecule has 0 aromatic heterocycles. The van der Waals surface area contributed by atoms with E-state index in [1.165, 1.54) is 19.2 Å². The number of carbonyl (C=O) groups excluding carboxylic acids is 2. The van der Waals surface area contributed by atoms with Gasteiger partial charge in [-0.3, -0.25) is 9.59 Å². The van der Waals surface area contributed by atoms with Gasteiger partial charge >= 0.3 is 0 Å². The van der Waals surface area contributed by atoms with Gasteiger partial charge in [0.2, 0.25) is 5.91 Å². The first-order chi connectivity index (χ1) is 11.9. The highest BCUT2D eigenvalue weighted by Crippen LogP contribution is 2.48. The van der Waals surface area contributed by atoms with E-state index in [0.29, 0.717) is 18.5 Å². The monoisotopic (exact) mass is 348 g/mol. The average Bonchev–Trinajstić information content (AvgIpc) is 3.02. The minimum atomic E-state index is -0.540. The van der Waals surface area contributed by atoms with Crippen molar-refractivity contribution in [3.63, 3.8) is 0 Å². The molecule has 6 heteroatoms. The van der Waals surface area contributed by atoms with Crippen LogP contribution in [0.4, 0.5) is 4.39 Å². The van der Waals surface area contributed by atoms with Crippen LogP contribution in [-0.2, 0) is 4.79 Å². The molecule has 0 radical (unpaired) electrons. The summed E-state index contributed by atoms with van der Waals surface area (Å²) in [5, 5.41) is 0. The van der Waals surface area contributed by atoms with Gasteiger partial charge in [-0.1, -0.05) is 6.42 Å². The van der Waals surface area contributed by atoms with E-state index < -0.39 is 5.82 Å². The molecule has 0 N–H and O–H groups in total. The Balaban J connectivity index is 1.77. The van der Waals surface area contributed by atoms with E-state index in [0.717, 1.165) is 25.7 Å². The Morgan fingerprint density at radius 1 is 1.44 bits per heavy atom. The second-order valence-electron chi connectivity index (χ2n) is 7.29. The fraction of sp³-hybridized carbons (Fsp3) is 0.579. The zero-order valence-corrected chi connectivity index (χ0v) is 15.0. The Morgan fingerprint density at radius 3 is 2.88 bits per heavy atom. The second kappa shape index (κ2) is 6.65. The van der Waals surface area contributed by atoms with E-state index in [2.05, 4.69) is 0 Å². The largest absolute Gasteiger partial charge is 0.494 e. The zero-order valence-electron chi connectivity index (χ0n) is 15.0. The maximum absolute atomic E-state index is 13.9. The maximum Gasteiger partial charge on any atom is 0.253 e. The van der Waals surface area contributed by atoms with Gasteiger partial charge in [0.1, 0.15) is 0 Å². The molecule has 136 valence electrons. The van der Waals surface area contributed by atoms with E-state index >= 15 is 0 Å². The number of fused-ring (bicyclic) bond motifs is 1. The Hall–Kier alpha value is -2.11. The number of likely N-dealkylation sites (tertiary alicyclic amines) is 1. The maximum atomic E-state index is 13.9. The molecule has 1 aromatic carbocycles. The van der Waals surface area contributed by atoms with Crippen molar-refractivity contribution in [3.05, 3.63) is 29.6 Å². The van der Waals surface area contributed by atoms with Crippen LogP contribution in [0.1, 0.15) is 42.5 Å². The van der Waals surface area contributed by atoms with Gasteiger partial charge in [0.25, 0.3) is 5.91 Å². The summed E-state index contributed by atoms with van der Waals surface area (Å²) in [7, 11) is 5.02. The van der Waals surface area contributed by atoms with Gasteiger partial charge in [0.15, 0.2) is 11.6 Å². The number of nitrogens with zero attached hydrogens (tertiary/aromatic N) is 2. The first kappa shape index (κ1) is 17.7. The molecule has 1 aliphatic heterocycles. The van der Waals surface area contributed by atoms with Gasteiger partial charge in [0, 0.05) is 44.1 Å². The molecule has 2 aliphatic rings. The minimum Gasteiger partial charge on any atom is -0.494 e. The smallest absolute Gasteiger partial charge is 0.253 e. The van der Waals surface area contributed by atoms with Crippen LogP contribution in [0.2, 0.25) is 0 Å². The lowest BCUT2D eigenvalue weighted by molar-refractivity contribution is -0.140. The molecular formula is C19H25FN2O3. The Bertz CT molecular complexity index is 693. The molecule has 1 saturated carbocycles. The molecule has 3 rings (SSSR count). The van der Waals surface area contributed by atoms with Crippen molar-refractivity contribution in [2.75, 3.05) is 27.7 Å². The molecule has 0 bridgehead atoms. The van der Waals surface area contributed by atoms with Crippen LogP contribution < -0.4 is 4.74 Å². The number of carbonyl (C=O) groups is 2. The van der Waals surface area contributed by atoms with E-state index in [-0.39, 0.29) is 29.0 Å². The van der Waals surface area contributed by atoms with Crippen LogP contribution in [0.3, 0.4) is 0 Å². The van der Waals surface area contributed by atoms with Crippen molar-refractivity contribution in [2.45, 2.75) is 38.1 Å². The normalized spacial score (nSPS) is 25.7. The Morgan fingerprint density at radius 2 is 2.20 bits per heavy atom. The van der Waals surface area contributed by atoms with E-state index in [4.69, 9.17) is 4.74 Å². The third kappa shape index (κ3) is 3.10. The SMILES string of the molecule is COc1ccc(C(=O)N(C)C[C@@]23CCC[C@H]2N(C)C(=O)CC3)cc1F. The molecule has 2 fully saturated rings. The molecule has 1 saturated heterocycles. The highest BCUT2D eigenvalue weighted by Gasteiger charge is 2.49. The van der Waals surface area contributed by atoms with Gasteiger partial charge in [-0.05, 0) is 37.5 Å². The van der Waals surface area contributed by atoms with Gasteiger partial charge in [0.05, 0.1) is 7.11 Å². The van der Waals surface area contributed by atoms with Crippen LogP contribution in [0.25, 0.3) is 0 Å². The summed E-state index contributed by atoms with van der Waals surface area (Å²) < 4.78 is 18.8. The highest BCUT2D eigenvalue weighted by molar-refractivity contribution is 5.94. The van der Waals surface area contributed by atoms with Gasteiger partial charge in [-0.2, -0.15) is 0 Å². The highest BCUT2D eigenvalue weighted by atomic mass is 19.1. The summed E-state index contributed by atoms with van der Waals surface area (Å²) in [6.45, 7) is 0.585. The first-order valence-corrected chi connectivity index (χ1v) is 8.72. The van der Waals surface area contributed by atoms with Crippen molar-refractivity contribution >= 4 is 11.8 Å². The summed E-state index contributed by atoms with van der Waals surface area (Å²) in [5.74, 6) is -0.433. The van der Waals surface area contributed by atoms with Gasteiger partial charge in [-0.15, -0.1) is 0 Å². The predicted molar refractivity (Wildman–Crippen MR) is 92.0 cm³/mol. The first-order valence-electron chi connectivity index (χ1n) is 8.72. The standard InChI is InChI=1S/C19H25FN2O3/c1-21(18(24)13-6-7-15(25-3)14(20)11-13)12-19-9-4-5-16(19)22(2)17(23)8-10-19/h6-7,11,16H,4-5,8-10,12H2,1-3H3/t16-,19+/m1/s1. The number of piperidine rings is 1. The second-order valence-corrected chi connectivity index (χ2v) is 7.29. The van der Waals surface area contributed by atoms with Crippen molar-refractivity contribution in [1.82, 2.24) is 9.80 Å². The van der Waals surface area contributed by atoms with Crippen molar-refractivity contribution in [1.29, 1.82) is 0 Å². The number of hydrogen-bond acceptors (Lipinski definition) is 3. The number of hydrogen-bond donors (Lipinski definition) is 0. The summed E-state index contributed by atoms with van der Waals surface area (Å²) in [6, 6.07) is 4.47. The van der Waals surface area contributed by atoms with E-state index in [9.17, 15) is 14.0 Å². The fourth-order valence-corrected chi connectivity index (χ4v) is 4.55. The molecular weight excluding hydrogens is 323 g/mol. The third-order valence-electron chi connectivity index (χ3n) is 5.85. The predicted octanol–water partition coefficient (Wildman–Crippen LogP) is 2.70. The third-order valence-corrected chi connectivity index (χ3v) is 5.85.